The van der Waals surface area contributed by atoms with E-state index in [9.17, 15) is 4.39 Å². The van der Waals surface area contributed by atoms with Crippen LogP contribution in [0.15, 0.2) is 42.6 Å². The Kier molecular flexibility index (Phi) is 3.52. The fourth-order valence-corrected chi connectivity index (χ4v) is 1.32. The third-order valence-electron chi connectivity index (χ3n) is 2.20. The number of anilines is 1. The maximum atomic E-state index is 13.2. The van der Waals surface area contributed by atoms with Gasteiger partial charge >= 0.3 is 0 Å². The van der Waals surface area contributed by atoms with E-state index in [1.807, 2.05) is 6.07 Å². The Morgan fingerprint density at radius 2 is 2.06 bits per heavy atom. The maximum absolute atomic E-state index is 13.2. The van der Waals surface area contributed by atoms with Gasteiger partial charge in [0.2, 0.25) is 0 Å². The smallest absolute Gasteiger partial charge is 0.165 e. The lowest BCUT2D eigenvalue weighted by Crippen LogP contribution is -2.08. The number of pyridine rings is 1. The summed E-state index contributed by atoms with van der Waals surface area (Å²) >= 11 is 0. The van der Waals surface area contributed by atoms with Crippen LogP contribution >= 0.6 is 0 Å². The molecule has 3 N–H and O–H groups in total. The molecule has 0 bridgehead atoms. The van der Waals surface area contributed by atoms with Crippen molar-refractivity contribution in [3.63, 3.8) is 0 Å². The number of halogens is 1. The molecule has 0 amide bonds. The van der Waals surface area contributed by atoms with Crippen LogP contribution in [-0.2, 0) is 6.61 Å². The SMILES string of the molecule is NNc1ccc(COc2ccccc2F)cn1. The first-order chi connectivity index (χ1) is 8.29. The topological polar surface area (TPSA) is 60.2 Å². The molecule has 2 aromatic rings. The minimum Gasteiger partial charge on any atom is -0.486 e. The number of nitrogen functional groups attached to an aromatic ring is 1. The molecule has 0 unspecified atom stereocenters. The number of hydrogen-bond donors (Lipinski definition) is 2. The summed E-state index contributed by atoms with van der Waals surface area (Å²) < 4.78 is 18.6. The van der Waals surface area contributed by atoms with E-state index in [1.165, 1.54) is 6.07 Å². The summed E-state index contributed by atoms with van der Waals surface area (Å²) in [6.07, 6.45) is 1.62. The van der Waals surface area contributed by atoms with Gasteiger partial charge in [-0.05, 0) is 18.2 Å². The molecule has 1 aromatic carbocycles. The molecule has 5 heteroatoms. The van der Waals surface area contributed by atoms with Crippen LogP contribution in [0.5, 0.6) is 5.75 Å². The molecule has 4 nitrogen and oxygen atoms in total. The normalized spacial score (nSPS) is 10.0. The number of benzene rings is 1. The quantitative estimate of drug-likeness (QED) is 0.627. The van der Waals surface area contributed by atoms with E-state index in [0.29, 0.717) is 5.82 Å². The molecule has 0 atom stereocenters. The van der Waals surface area contributed by atoms with Gasteiger partial charge in [-0.3, -0.25) is 0 Å². The number of hydrazine groups is 1. The number of hydrogen-bond acceptors (Lipinski definition) is 4. The van der Waals surface area contributed by atoms with Crippen LogP contribution in [-0.4, -0.2) is 4.98 Å². The van der Waals surface area contributed by atoms with Crippen molar-refractivity contribution in [1.29, 1.82) is 0 Å². The fraction of sp³-hybridized carbons (Fsp3) is 0.0833. The highest BCUT2D eigenvalue weighted by Gasteiger charge is 2.02. The predicted molar refractivity (Wildman–Crippen MR) is 62.8 cm³/mol. The fourth-order valence-electron chi connectivity index (χ4n) is 1.32. The van der Waals surface area contributed by atoms with Crippen molar-refractivity contribution in [3.05, 3.63) is 54.0 Å². The third kappa shape index (κ3) is 2.92. The predicted octanol–water partition coefficient (Wildman–Crippen LogP) is 2.09. The summed E-state index contributed by atoms with van der Waals surface area (Å²) in [6.45, 7) is 0.263. The first-order valence-electron chi connectivity index (χ1n) is 5.08. The van der Waals surface area contributed by atoms with Gasteiger partial charge in [0, 0.05) is 11.8 Å². The van der Waals surface area contributed by atoms with Gasteiger partial charge in [-0.15, -0.1) is 0 Å². The zero-order valence-corrected chi connectivity index (χ0v) is 9.06. The van der Waals surface area contributed by atoms with Crippen molar-refractivity contribution in [3.8, 4) is 5.75 Å². The van der Waals surface area contributed by atoms with Crippen LogP contribution in [0.3, 0.4) is 0 Å². The van der Waals surface area contributed by atoms with Gasteiger partial charge in [-0.2, -0.15) is 0 Å². The van der Waals surface area contributed by atoms with E-state index in [-0.39, 0.29) is 18.2 Å². The molecular formula is C12H12FN3O. The molecule has 2 rings (SSSR count). The van der Waals surface area contributed by atoms with Gasteiger partial charge in [-0.1, -0.05) is 18.2 Å². The van der Waals surface area contributed by atoms with E-state index in [1.54, 1.807) is 30.5 Å². The van der Waals surface area contributed by atoms with Crippen LogP contribution in [0.1, 0.15) is 5.56 Å². The molecule has 0 aliphatic rings. The zero-order chi connectivity index (χ0) is 12.1. The largest absolute Gasteiger partial charge is 0.486 e. The minimum absolute atomic E-state index is 0.230. The molecule has 0 fully saturated rings. The summed E-state index contributed by atoms with van der Waals surface area (Å²) in [5.41, 5.74) is 3.27. The average molecular weight is 233 g/mol. The van der Waals surface area contributed by atoms with Crippen molar-refractivity contribution >= 4 is 5.82 Å². The second-order valence-corrected chi connectivity index (χ2v) is 3.42. The Balaban J connectivity index is 2.00. The van der Waals surface area contributed by atoms with Gasteiger partial charge in [0.1, 0.15) is 12.4 Å². The van der Waals surface area contributed by atoms with Gasteiger partial charge in [0.25, 0.3) is 0 Å². The Labute approximate surface area is 98.2 Å². The molecule has 1 aromatic heterocycles. The highest BCUT2D eigenvalue weighted by molar-refractivity contribution is 5.33. The summed E-state index contributed by atoms with van der Waals surface area (Å²) in [4.78, 5) is 4.02. The number of nitrogens with two attached hydrogens (primary N) is 1. The highest BCUT2D eigenvalue weighted by Crippen LogP contribution is 2.17. The van der Waals surface area contributed by atoms with E-state index >= 15 is 0 Å². The molecule has 0 saturated heterocycles. The van der Waals surface area contributed by atoms with Gasteiger partial charge in [0.05, 0.1) is 0 Å². The Morgan fingerprint density at radius 1 is 1.24 bits per heavy atom. The van der Waals surface area contributed by atoms with Crippen molar-refractivity contribution < 1.29 is 9.13 Å². The van der Waals surface area contributed by atoms with Crippen molar-refractivity contribution in [2.75, 3.05) is 5.43 Å². The van der Waals surface area contributed by atoms with Crippen molar-refractivity contribution in [2.45, 2.75) is 6.61 Å². The first-order valence-corrected chi connectivity index (χ1v) is 5.08. The van der Waals surface area contributed by atoms with E-state index in [0.717, 1.165) is 5.56 Å². The van der Waals surface area contributed by atoms with Gasteiger partial charge in [0.15, 0.2) is 11.6 Å². The second kappa shape index (κ2) is 5.27. The third-order valence-corrected chi connectivity index (χ3v) is 2.20. The lowest BCUT2D eigenvalue weighted by atomic mass is 10.3. The summed E-state index contributed by atoms with van der Waals surface area (Å²) in [5, 5.41) is 0. The summed E-state index contributed by atoms with van der Waals surface area (Å²) in [7, 11) is 0. The molecule has 88 valence electrons. The standard InChI is InChI=1S/C12H12FN3O/c13-10-3-1-2-4-11(10)17-8-9-5-6-12(16-14)15-7-9/h1-7H,8,14H2,(H,15,16). The van der Waals surface area contributed by atoms with Crippen LogP contribution in [0.25, 0.3) is 0 Å². The monoisotopic (exact) mass is 233 g/mol. The number of rotatable bonds is 4. The maximum Gasteiger partial charge on any atom is 0.165 e. The van der Waals surface area contributed by atoms with Crippen LogP contribution in [0, 0.1) is 5.82 Å². The second-order valence-electron chi connectivity index (χ2n) is 3.42. The molecule has 17 heavy (non-hydrogen) atoms. The van der Waals surface area contributed by atoms with Crippen LogP contribution < -0.4 is 16.0 Å². The lowest BCUT2D eigenvalue weighted by Gasteiger charge is -2.07. The zero-order valence-electron chi connectivity index (χ0n) is 9.06. The summed E-state index contributed by atoms with van der Waals surface area (Å²) in [6, 6.07) is 9.81. The number of ether oxygens (including phenoxy) is 1. The molecule has 0 radical (unpaired) electrons. The van der Waals surface area contributed by atoms with E-state index in [2.05, 4.69) is 10.4 Å². The van der Waals surface area contributed by atoms with E-state index < -0.39 is 0 Å². The number of nitrogens with zero attached hydrogens (tertiary/aromatic N) is 1. The van der Waals surface area contributed by atoms with E-state index in [4.69, 9.17) is 10.6 Å². The Hall–Kier alpha value is -2.14. The highest BCUT2D eigenvalue weighted by atomic mass is 19.1. The Bertz CT molecular complexity index is 487. The van der Waals surface area contributed by atoms with Crippen molar-refractivity contribution in [2.24, 2.45) is 5.84 Å². The number of nitrogens with one attached hydrogen (secondary N) is 1. The molecule has 0 aliphatic carbocycles. The van der Waals surface area contributed by atoms with Crippen LogP contribution in [0.2, 0.25) is 0 Å². The van der Waals surface area contributed by atoms with Gasteiger partial charge < -0.3 is 10.2 Å². The molecule has 1 heterocycles. The summed E-state index contributed by atoms with van der Waals surface area (Å²) in [5.74, 6) is 5.62. The molecule has 0 spiro atoms. The lowest BCUT2D eigenvalue weighted by molar-refractivity contribution is 0.290. The average Bonchev–Trinajstić information content (AvgIpc) is 2.38. The molecule has 0 saturated carbocycles. The number of aromatic nitrogens is 1. The number of para-hydroxylation sites is 1. The first kappa shape index (κ1) is 11.3. The Morgan fingerprint density at radius 3 is 2.71 bits per heavy atom. The molecular weight excluding hydrogens is 221 g/mol. The van der Waals surface area contributed by atoms with Crippen molar-refractivity contribution in [1.82, 2.24) is 4.98 Å². The van der Waals surface area contributed by atoms with Crippen LogP contribution in [0.4, 0.5) is 10.2 Å². The van der Waals surface area contributed by atoms with Gasteiger partial charge in [-0.25, -0.2) is 15.2 Å². The minimum atomic E-state index is -0.374. The molecule has 0 aliphatic heterocycles.